The van der Waals surface area contributed by atoms with E-state index in [0.29, 0.717) is 6.54 Å². The van der Waals surface area contributed by atoms with Crippen LogP contribution in [0.25, 0.3) is 0 Å². The fourth-order valence-corrected chi connectivity index (χ4v) is 3.11. The molecule has 5 nitrogen and oxygen atoms in total. The molecule has 0 bridgehead atoms. The Balaban J connectivity index is 2.01. The van der Waals surface area contributed by atoms with E-state index in [-0.39, 0.29) is 6.10 Å². The first-order chi connectivity index (χ1) is 9.60. The highest BCUT2D eigenvalue weighted by molar-refractivity contribution is 7.11. The molecule has 0 atom stereocenters. The molecule has 0 amide bonds. The number of aromatic nitrogens is 1. The van der Waals surface area contributed by atoms with Crippen LogP contribution in [-0.2, 0) is 6.54 Å². The van der Waals surface area contributed by atoms with E-state index in [1.807, 2.05) is 6.92 Å². The first-order valence-electron chi connectivity index (χ1n) is 7.24. The number of hydrogen-bond acceptors (Lipinski definition) is 4. The van der Waals surface area contributed by atoms with Gasteiger partial charge in [-0.1, -0.05) is 0 Å². The molecule has 1 aliphatic rings. The van der Waals surface area contributed by atoms with E-state index >= 15 is 0 Å². The minimum absolute atomic E-state index is 0.154. The Labute approximate surface area is 124 Å². The van der Waals surface area contributed by atoms with Crippen LogP contribution in [0.3, 0.4) is 0 Å². The van der Waals surface area contributed by atoms with Crippen LogP contribution in [0.15, 0.2) is 4.99 Å². The molecule has 0 aliphatic carbocycles. The second-order valence-electron chi connectivity index (χ2n) is 5.14. The third-order valence-corrected chi connectivity index (χ3v) is 4.59. The van der Waals surface area contributed by atoms with Crippen molar-refractivity contribution in [2.75, 3.05) is 19.6 Å². The van der Waals surface area contributed by atoms with E-state index in [1.165, 1.54) is 4.88 Å². The van der Waals surface area contributed by atoms with Gasteiger partial charge < -0.3 is 15.3 Å². The quantitative estimate of drug-likeness (QED) is 0.658. The average Bonchev–Trinajstić information content (AvgIpc) is 2.75. The molecule has 1 fully saturated rings. The summed E-state index contributed by atoms with van der Waals surface area (Å²) in [6.45, 7) is 9.42. The summed E-state index contributed by atoms with van der Waals surface area (Å²) in [6, 6.07) is 0. The molecule has 0 aromatic carbocycles. The van der Waals surface area contributed by atoms with Crippen molar-refractivity contribution in [1.82, 2.24) is 15.2 Å². The van der Waals surface area contributed by atoms with Crippen molar-refractivity contribution in [3.05, 3.63) is 15.6 Å². The Kier molecular flexibility index (Phi) is 5.37. The summed E-state index contributed by atoms with van der Waals surface area (Å²) in [7, 11) is 0. The van der Waals surface area contributed by atoms with Crippen LogP contribution in [0.2, 0.25) is 0 Å². The highest BCUT2D eigenvalue weighted by Crippen LogP contribution is 2.17. The van der Waals surface area contributed by atoms with Gasteiger partial charge in [0.15, 0.2) is 5.96 Å². The van der Waals surface area contributed by atoms with Gasteiger partial charge in [-0.25, -0.2) is 9.98 Å². The molecule has 0 spiro atoms. The molecule has 0 unspecified atom stereocenters. The van der Waals surface area contributed by atoms with Gasteiger partial charge in [-0.2, -0.15) is 0 Å². The molecule has 112 valence electrons. The van der Waals surface area contributed by atoms with Crippen LogP contribution in [0, 0.1) is 13.8 Å². The zero-order valence-corrected chi connectivity index (χ0v) is 13.3. The van der Waals surface area contributed by atoms with Crippen LogP contribution in [0.5, 0.6) is 0 Å². The zero-order chi connectivity index (χ0) is 14.5. The van der Waals surface area contributed by atoms with Gasteiger partial charge in [-0.05, 0) is 33.6 Å². The van der Waals surface area contributed by atoms with E-state index in [4.69, 9.17) is 0 Å². The number of guanidine groups is 1. The number of rotatable bonds is 3. The summed E-state index contributed by atoms with van der Waals surface area (Å²) in [4.78, 5) is 12.7. The fourth-order valence-electron chi connectivity index (χ4n) is 2.25. The number of nitrogens with zero attached hydrogens (tertiary/aromatic N) is 3. The number of thiazole rings is 1. The van der Waals surface area contributed by atoms with Crippen molar-refractivity contribution in [2.24, 2.45) is 4.99 Å². The normalized spacial score (nSPS) is 17.6. The van der Waals surface area contributed by atoms with Crippen molar-refractivity contribution in [3.8, 4) is 0 Å². The lowest BCUT2D eigenvalue weighted by Gasteiger charge is -2.32. The lowest BCUT2D eigenvalue weighted by Crippen LogP contribution is -2.46. The third-order valence-electron chi connectivity index (χ3n) is 3.54. The van der Waals surface area contributed by atoms with E-state index in [9.17, 15) is 5.11 Å². The van der Waals surface area contributed by atoms with Gasteiger partial charge in [-0.3, -0.25) is 0 Å². The molecular weight excluding hydrogens is 272 g/mol. The van der Waals surface area contributed by atoms with Crippen molar-refractivity contribution in [1.29, 1.82) is 0 Å². The number of aliphatic hydroxyl groups excluding tert-OH is 1. The Morgan fingerprint density at radius 2 is 2.15 bits per heavy atom. The Bertz CT molecular complexity index is 444. The molecule has 1 saturated heterocycles. The largest absolute Gasteiger partial charge is 0.393 e. The van der Waals surface area contributed by atoms with Crippen LogP contribution >= 0.6 is 11.3 Å². The van der Waals surface area contributed by atoms with E-state index in [2.05, 4.69) is 34.0 Å². The lowest BCUT2D eigenvalue weighted by molar-refractivity contribution is 0.108. The van der Waals surface area contributed by atoms with Gasteiger partial charge in [-0.15, -0.1) is 11.3 Å². The maximum atomic E-state index is 9.58. The van der Waals surface area contributed by atoms with E-state index in [0.717, 1.165) is 49.1 Å². The molecule has 2 N–H and O–H groups in total. The Morgan fingerprint density at radius 1 is 1.45 bits per heavy atom. The molecule has 1 aromatic heterocycles. The summed E-state index contributed by atoms with van der Waals surface area (Å²) in [5.41, 5.74) is 1.10. The third kappa shape index (κ3) is 3.93. The molecular formula is C14H24N4OS. The van der Waals surface area contributed by atoms with Crippen LogP contribution in [0.1, 0.15) is 35.3 Å². The number of likely N-dealkylation sites (tertiary alicyclic amines) is 1. The molecule has 1 aromatic rings. The monoisotopic (exact) mass is 296 g/mol. The van der Waals surface area contributed by atoms with E-state index in [1.54, 1.807) is 11.3 Å². The lowest BCUT2D eigenvalue weighted by atomic mass is 10.1. The van der Waals surface area contributed by atoms with Crippen molar-refractivity contribution in [3.63, 3.8) is 0 Å². The van der Waals surface area contributed by atoms with Crippen LogP contribution < -0.4 is 5.32 Å². The predicted octanol–water partition coefficient (Wildman–Crippen LogP) is 1.68. The topological polar surface area (TPSA) is 60.8 Å². The molecule has 0 radical (unpaired) electrons. The van der Waals surface area contributed by atoms with Gasteiger partial charge in [0.2, 0.25) is 0 Å². The van der Waals surface area contributed by atoms with Gasteiger partial charge in [0.25, 0.3) is 0 Å². The molecule has 6 heteroatoms. The molecule has 20 heavy (non-hydrogen) atoms. The summed E-state index contributed by atoms with van der Waals surface area (Å²) < 4.78 is 0. The van der Waals surface area contributed by atoms with Crippen LogP contribution in [0.4, 0.5) is 0 Å². The average molecular weight is 296 g/mol. The summed E-state index contributed by atoms with van der Waals surface area (Å²) >= 11 is 1.72. The molecule has 1 aliphatic heterocycles. The number of aliphatic hydroxyl groups is 1. The highest BCUT2D eigenvalue weighted by Gasteiger charge is 2.19. The van der Waals surface area contributed by atoms with Gasteiger partial charge in [0.05, 0.1) is 18.3 Å². The summed E-state index contributed by atoms with van der Waals surface area (Å²) in [5.74, 6) is 0.935. The number of aryl methyl sites for hydroxylation is 2. The second kappa shape index (κ2) is 7.04. The van der Waals surface area contributed by atoms with Crippen LogP contribution in [-0.4, -0.2) is 46.7 Å². The van der Waals surface area contributed by atoms with Gasteiger partial charge >= 0.3 is 0 Å². The number of hydrogen-bond donors (Lipinski definition) is 2. The zero-order valence-electron chi connectivity index (χ0n) is 12.5. The minimum atomic E-state index is -0.154. The SMILES string of the molecule is CCNC(=NCc1nc(C)c(C)s1)N1CCC(O)CC1. The second-order valence-corrected chi connectivity index (χ2v) is 6.43. The maximum Gasteiger partial charge on any atom is 0.194 e. The first-order valence-corrected chi connectivity index (χ1v) is 8.06. The van der Waals surface area contributed by atoms with Gasteiger partial charge in [0, 0.05) is 24.5 Å². The minimum Gasteiger partial charge on any atom is -0.393 e. The number of nitrogens with one attached hydrogen (secondary N) is 1. The number of piperidine rings is 1. The standard InChI is InChI=1S/C14H24N4OS/c1-4-15-14(18-7-5-12(19)6-8-18)16-9-13-17-10(2)11(3)20-13/h12,19H,4-9H2,1-3H3,(H,15,16). The molecule has 2 rings (SSSR count). The van der Waals surface area contributed by atoms with Crippen molar-refractivity contribution < 1.29 is 5.11 Å². The smallest absolute Gasteiger partial charge is 0.194 e. The Morgan fingerprint density at radius 3 is 2.70 bits per heavy atom. The predicted molar refractivity (Wildman–Crippen MR) is 83.2 cm³/mol. The molecule has 2 heterocycles. The van der Waals surface area contributed by atoms with E-state index < -0.39 is 0 Å². The molecule has 0 saturated carbocycles. The Hall–Kier alpha value is -1.14. The fraction of sp³-hybridized carbons (Fsp3) is 0.714. The summed E-state index contributed by atoms with van der Waals surface area (Å²) in [6.07, 6.45) is 1.48. The van der Waals surface area contributed by atoms with Crippen molar-refractivity contribution in [2.45, 2.75) is 46.3 Å². The number of aliphatic imine (C=N–C) groups is 1. The summed E-state index contributed by atoms with van der Waals surface area (Å²) in [5, 5.41) is 14.0. The van der Waals surface area contributed by atoms with Gasteiger partial charge in [0.1, 0.15) is 5.01 Å². The maximum absolute atomic E-state index is 9.58. The first kappa shape index (κ1) is 15.3. The van der Waals surface area contributed by atoms with Crippen molar-refractivity contribution >= 4 is 17.3 Å². The highest BCUT2D eigenvalue weighted by atomic mass is 32.1.